The third kappa shape index (κ3) is 5.82. The van der Waals surface area contributed by atoms with Crippen molar-refractivity contribution in [2.75, 3.05) is 6.54 Å². The van der Waals surface area contributed by atoms with Crippen LogP contribution in [-0.4, -0.2) is 17.9 Å². The summed E-state index contributed by atoms with van der Waals surface area (Å²) in [4.78, 5) is 9.70. The molecule has 0 spiro atoms. The maximum atomic E-state index is 9.70. The monoisotopic (exact) mass is 153 g/mol. The van der Waals surface area contributed by atoms with E-state index in [-0.39, 0.29) is 13.0 Å². The van der Waals surface area contributed by atoms with E-state index in [0.717, 1.165) is 0 Å². The summed E-state index contributed by atoms with van der Waals surface area (Å²) in [6.07, 6.45) is -1.15. The van der Waals surface area contributed by atoms with Crippen LogP contribution in [0.25, 0.3) is 0 Å². The van der Waals surface area contributed by atoms with Crippen molar-refractivity contribution in [2.24, 2.45) is 5.73 Å². The van der Waals surface area contributed by atoms with Crippen LogP contribution in [0.1, 0.15) is 6.42 Å². The third-order valence-corrected chi connectivity index (χ3v) is 1.04. The topological polar surface area (TPSA) is 95.6 Å². The van der Waals surface area contributed by atoms with E-state index >= 15 is 0 Å². The molecule has 0 rings (SSSR count). The van der Waals surface area contributed by atoms with E-state index in [1.54, 1.807) is 0 Å². The molecule has 0 aliphatic heterocycles. The van der Waals surface area contributed by atoms with Crippen LogP contribution in [0.4, 0.5) is 0 Å². The van der Waals surface area contributed by atoms with Gasteiger partial charge in [0.25, 0.3) is 0 Å². The van der Waals surface area contributed by atoms with Crippen molar-refractivity contribution >= 4 is 8.25 Å². The number of hydrogen-bond donors (Lipinski definition) is 2. The molecule has 5 nitrogen and oxygen atoms in total. The highest BCUT2D eigenvalue weighted by atomic mass is 31.1. The summed E-state index contributed by atoms with van der Waals surface area (Å²) in [5, 5.41) is 8.53. The maximum absolute atomic E-state index is 9.70. The molecule has 0 fully saturated rings. The zero-order valence-corrected chi connectivity index (χ0v) is 5.58. The van der Waals surface area contributed by atoms with E-state index in [1.165, 1.54) is 0 Å². The fraction of sp³-hybridized carbons (Fsp3) is 1.00. The Morgan fingerprint density at radius 2 is 2.44 bits per heavy atom. The molecule has 0 aromatic rings. The molecular weight excluding hydrogens is 145 g/mol. The van der Waals surface area contributed by atoms with Crippen LogP contribution >= 0.6 is 8.25 Å². The molecule has 0 aromatic heterocycles. The Bertz CT molecular complexity index is 97.8. The average Bonchev–Trinajstić information content (AvgIpc) is 1.63. The molecule has 0 saturated carbocycles. The fourth-order valence-electron chi connectivity index (χ4n) is 0.295. The van der Waals surface area contributed by atoms with Gasteiger partial charge in [0.2, 0.25) is 6.29 Å². The van der Waals surface area contributed by atoms with Crippen molar-refractivity contribution in [2.45, 2.75) is 12.7 Å². The minimum atomic E-state index is -2.96. The first kappa shape index (κ1) is 8.94. The fourth-order valence-corrected chi connectivity index (χ4v) is 0.599. The van der Waals surface area contributed by atoms with Crippen molar-refractivity contribution in [1.82, 2.24) is 0 Å². The summed E-state index contributed by atoms with van der Waals surface area (Å²) in [5.74, 6) is 0. The van der Waals surface area contributed by atoms with Gasteiger partial charge in [-0.3, -0.25) is 0 Å². The van der Waals surface area contributed by atoms with Gasteiger partial charge < -0.3 is 15.7 Å². The lowest BCUT2D eigenvalue weighted by atomic mass is 10.4. The molecule has 3 N–H and O–H groups in total. The van der Waals surface area contributed by atoms with Crippen molar-refractivity contribution in [3.8, 4) is 0 Å². The molecule has 2 unspecified atom stereocenters. The number of nitrogens with two attached hydrogens (primary N) is 1. The summed E-state index contributed by atoms with van der Waals surface area (Å²) in [6, 6.07) is 0. The van der Waals surface area contributed by atoms with E-state index in [9.17, 15) is 9.46 Å². The molecule has 54 valence electrons. The molecule has 0 amide bonds. The number of hydrogen-bond acceptors (Lipinski definition) is 5. The summed E-state index contributed by atoms with van der Waals surface area (Å²) in [7, 11) is -2.96. The lowest BCUT2D eigenvalue weighted by Crippen LogP contribution is -2.15. The molecule has 6 heteroatoms. The molecule has 0 saturated heterocycles. The second-order valence-electron chi connectivity index (χ2n) is 1.36. The molecule has 0 aromatic carbocycles. The van der Waals surface area contributed by atoms with Gasteiger partial charge in [0.05, 0.1) is 0 Å². The van der Waals surface area contributed by atoms with Gasteiger partial charge in [-0.1, -0.05) is 0 Å². The van der Waals surface area contributed by atoms with E-state index in [1.807, 2.05) is 0 Å². The van der Waals surface area contributed by atoms with Crippen molar-refractivity contribution in [3.05, 3.63) is 0 Å². The highest BCUT2D eigenvalue weighted by Gasteiger charge is 2.11. The number of rotatable bonds is 4. The first-order chi connectivity index (χ1) is 4.16. The van der Waals surface area contributed by atoms with Gasteiger partial charge in [-0.05, 0) is 11.1 Å². The van der Waals surface area contributed by atoms with Crippen LogP contribution in [0.15, 0.2) is 0 Å². The Hall–Kier alpha value is -0.0600. The maximum Gasteiger partial charge on any atom is 0.491 e. The Morgan fingerprint density at radius 3 is 2.78 bits per heavy atom. The van der Waals surface area contributed by atoms with E-state index in [4.69, 9.17) is 10.8 Å². The molecule has 9 heavy (non-hydrogen) atoms. The van der Waals surface area contributed by atoms with Gasteiger partial charge in [0.1, 0.15) is 0 Å². The van der Waals surface area contributed by atoms with Crippen LogP contribution in [0.3, 0.4) is 0 Å². The quantitative estimate of drug-likeness (QED) is 0.386. The van der Waals surface area contributed by atoms with Gasteiger partial charge in [0.15, 0.2) is 0 Å². The lowest BCUT2D eigenvalue weighted by Gasteiger charge is -1.99. The smallest absolute Gasteiger partial charge is 0.491 e. The predicted molar refractivity (Wildman–Crippen MR) is 28.4 cm³/mol. The Labute approximate surface area is 53.4 Å². The normalized spacial score (nSPS) is 15.2. The van der Waals surface area contributed by atoms with Crippen molar-refractivity contribution in [1.29, 1.82) is 0 Å². The second kappa shape index (κ2) is 4.78. The highest BCUT2D eigenvalue weighted by molar-refractivity contribution is 7.30. The van der Waals surface area contributed by atoms with E-state index < -0.39 is 14.5 Å². The molecular formula is C3H8NO4P. The molecule has 2 atom stereocenters. The molecule has 0 bridgehead atoms. The first-order valence-corrected chi connectivity index (χ1v) is 3.45. The first-order valence-electron chi connectivity index (χ1n) is 2.36. The minimum absolute atomic E-state index is 0.128. The van der Waals surface area contributed by atoms with Gasteiger partial charge >= 0.3 is 8.25 Å². The molecule has 0 radical (unpaired) electrons. The van der Waals surface area contributed by atoms with E-state index in [0.29, 0.717) is 0 Å². The van der Waals surface area contributed by atoms with Crippen molar-refractivity contribution < 1.29 is 19.1 Å². The van der Waals surface area contributed by atoms with Gasteiger partial charge in [0, 0.05) is 6.42 Å². The van der Waals surface area contributed by atoms with Crippen LogP contribution in [-0.2, 0) is 9.09 Å². The minimum Gasteiger partial charge on any atom is -0.566 e. The summed E-state index contributed by atoms with van der Waals surface area (Å²) in [5.41, 5.74) is 4.97. The van der Waals surface area contributed by atoms with Crippen LogP contribution in [0, 0.1) is 0 Å². The largest absolute Gasteiger partial charge is 0.566 e. The second-order valence-corrected chi connectivity index (χ2v) is 2.02. The highest BCUT2D eigenvalue weighted by Crippen LogP contribution is 2.12. The van der Waals surface area contributed by atoms with Crippen LogP contribution in [0.5, 0.6) is 0 Å². The summed E-state index contributed by atoms with van der Waals surface area (Å²) < 4.78 is 13.6. The summed E-state index contributed by atoms with van der Waals surface area (Å²) >= 11 is 0. The van der Waals surface area contributed by atoms with Crippen LogP contribution in [0.2, 0.25) is 0 Å². The van der Waals surface area contributed by atoms with E-state index in [2.05, 4.69) is 4.52 Å². The zero-order valence-electron chi connectivity index (χ0n) is 4.69. The molecule has 0 aliphatic carbocycles. The lowest BCUT2D eigenvalue weighted by molar-refractivity contribution is -0.200. The average molecular weight is 153 g/mol. The molecule has 0 aliphatic rings. The number of aliphatic hydroxyl groups excluding tert-OH is 1. The number of aliphatic hydroxyl groups is 1. The zero-order chi connectivity index (χ0) is 7.28. The predicted octanol–water partition coefficient (Wildman–Crippen LogP) is -1.31. The Morgan fingerprint density at radius 1 is 1.89 bits per heavy atom. The molecule has 0 heterocycles. The van der Waals surface area contributed by atoms with Gasteiger partial charge in [-0.2, -0.15) is 0 Å². The third-order valence-electron chi connectivity index (χ3n) is 0.621. The Kier molecular flexibility index (Phi) is 4.75. The standard InChI is InChI=1S/C3H8NO4P/c4-2-1-3(5)8-9(6)7/h3,5H,1-2,4H2. The Balaban J connectivity index is 3.26. The van der Waals surface area contributed by atoms with Crippen molar-refractivity contribution in [3.63, 3.8) is 0 Å². The van der Waals surface area contributed by atoms with Crippen LogP contribution < -0.4 is 10.6 Å². The van der Waals surface area contributed by atoms with Gasteiger partial charge in [-0.25, -0.2) is 0 Å². The SMILES string of the molecule is NCCC(O)O[P+](=O)[O-]. The van der Waals surface area contributed by atoms with Gasteiger partial charge in [-0.15, -0.1) is 4.52 Å². The summed E-state index contributed by atoms with van der Waals surface area (Å²) in [6.45, 7) is 0.199.